The highest BCUT2D eigenvalue weighted by Gasteiger charge is 2.51. The molecule has 5 heteroatoms. The van der Waals surface area contributed by atoms with Gasteiger partial charge in [-0.15, -0.1) is 0 Å². The average molecular weight is 272 g/mol. The molecule has 2 aliphatic rings. The van der Waals surface area contributed by atoms with Gasteiger partial charge in [-0.2, -0.15) is 5.10 Å². The van der Waals surface area contributed by atoms with Crippen LogP contribution in [0.3, 0.4) is 0 Å². The van der Waals surface area contributed by atoms with Crippen LogP contribution in [0.4, 0.5) is 5.69 Å². The van der Waals surface area contributed by atoms with Crippen molar-refractivity contribution < 1.29 is 9.31 Å². The monoisotopic (exact) mass is 272 g/mol. The number of rotatable bonds is 2. The Morgan fingerprint density at radius 3 is 2.45 bits per heavy atom. The van der Waals surface area contributed by atoms with Crippen molar-refractivity contribution in [1.29, 1.82) is 0 Å². The number of hydrogen-bond acceptors (Lipinski definition) is 4. The van der Waals surface area contributed by atoms with E-state index in [1.54, 1.807) is 0 Å². The first-order valence-electron chi connectivity index (χ1n) is 7.15. The standard InChI is InChI=1S/C15H21BN2O2/c1-14(2)15(3,4)20-16(19-14)12-7-5-8-13(11-12)18-10-6-9-17-18/h5,7-9,11H,6,10H2,1-4H3. The van der Waals surface area contributed by atoms with Crippen molar-refractivity contribution in [3.63, 3.8) is 0 Å². The van der Waals surface area contributed by atoms with E-state index in [4.69, 9.17) is 9.31 Å². The molecule has 1 saturated heterocycles. The second-order valence-electron chi connectivity index (χ2n) is 6.39. The fourth-order valence-electron chi connectivity index (χ4n) is 2.40. The van der Waals surface area contributed by atoms with Crippen LogP contribution in [0.1, 0.15) is 34.1 Å². The molecule has 1 aromatic carbocycles. The molecular weight excluding hydrogens is 251 g/mol. The Morgan fingerprint density at radius 1 is 1.15 bits per heavy atom. The highest BCUT2D eigenvalue weighted by Crippen LogP contribution is 2.36. The summed E-state index contributed by atoms with van der Waals surface area (Å²) in [7, 11) is -0.313. The quantitative estimate of drug-likeness (QED) is 0.774. The van der Waals surface area contributed by atoms with Crippen LogP contribution in [0.5, 0.6) is 0 Å². The summed E-state index contributed by atoms with van der Waals surface area (Å²) in [5.41, 5.74) is 1.52. The fourth-order valence-corrected chi connectivity index (χ4v) is 2.40. The largest absolute Gasteiger partial charge is 0.494 e. The van der Waals surface area contributed by atoms with Gasteiger partial charge in [-0.05, 0) is 45.3 Å². The highest BCUT2D eigenvalue weighted by molar-refractivity contribution is 6.62. The molecule has 0 spiro atoms. The van der Waals surface area contributed by atoms with Crippen LogP contribution in [0.2, 0.25) is 0 Å². The van der Waals surface area contributed by atoms with Crippen LogP contribution in [0.15, 0.2) is 29.4 Å². The molecule has 0 amide bonds. The van der Waals surface area contributed by atoms with Gasteiger partial charge in [0.25, 0.3) is 0 Å². The van der Waals surface area contributed by atoms with E-state index < -0.39 is 0 Å². The SMILES string of the molecule is CC1(C)OB(c2cccc(N3CCC=N3)c2)OC1(C)C. The Bertz CT molecular complexity index is 526. The lowest BCUT2D eigenvalue weighted by atomic mass is 9.79. The van der Waals surface area contributed by atoms with E-state index in [0.717, 1.165) is 24.1 Å². The van der Waals surface area contributed by atoms with Crippen molar-refractivity contribution in [3.8, 4) is 0 Å². The summed E-state index contributed by atoms with van der Waals surface area (Å²) >= 11 is 0. The van der Waals surface area contributed by atoms with Crippen molar-refractivity contribution >= 4 is 24.5 Å². The van der Waals surface area contributed by atoms with E-state index in [9.17, 15) is 0 Å². The molecule has 1 fully saturated rings. The maximum atomic E-state index is 6.09. The molecule has 0 atom stereocenters. The number of benzene rings is 1. The van der Waals surface area contributed by atoms with Crippen LogP contribution in [-0.4, -0.2) is 31.1 Å². The van der Waals surface area contributed by atoms with Crippen LogP contribution in [0.25, 0.3) is 0 Å². The third-order valence-corrected chi connectivity index (χ3v) is 4.38. The van der Waals surface area contributed by atoms with Crippen molar-refractivity contribution in [1.82, 2.24) is 0 Å². The second kappa shape index (κ2) is 4.60. The topological polar surface area (TPSA) is 34.1 Å². The molecule has 0 aromatic heterocycles. The predicted molar refractivity (Wildman–Crippen MR) is 82.6 cm³/mol. The van der Waals surface area contributed by atoms with E-state index in [1.165, 1.54) is 0 Å². The van der Waals surface area contributed by atoms with Crippen molar-refractivity contribution in [3.05, 3.63) is 24.3 Å². The van der Waals surface area contributed by atoms with Gasteiger partial charge in [0.1, 0.15) is 0 Å². The van der Waals surface area contributed by atoms with Gasteiger partial charge in [-0.3, -0.25) is 5.01 Å². The summed E-state index contributed by atoms with van der Waals surface area (Å²) in [4.78, 5) is 0. The second-order valence-corrected chi connectivity index (χ2v) is 6.39. The minimum Gasteiger partial charge on any atom is -0.399 e. The van der Waals surface area contributed by atoms with Crippen LogP contribution >= 0.6 is 0 Å². The summed E-state index contributed by atoms with van der Waals surface area (Å²) in [5, 5.41) is 6.37. The maximum absolute atomic E-state index is 6.09. The molecule has 0 aliphatic carbocycles. The minimum atomic E-state index is -0.313. The Hall–Kier alpha value is -1.33. The zero-order valence-corrected chi connectivity index (χ0v) is 12.6. The molecule has 0 unspecified atom stereocenters. The molecule has 0 radical (unpaired) electrons. The minimum absolute atomic E-state index is 0.306. The lowest BCUT2D eigenvalue weighted by molar-refractivity contribution is 0.00578. The summed E-state index contributed by atoms with van der Waals surface area (Å²) in [5.74, 6) is 0. The van der Waals surface area contributed by atoms with Gasteiger partial charge < -0.3 is 9.31 Å². The number of hydrogen-bond donors (Lipinski definition) is 0. The normalized spacial score (nSPS) is 23.6. The first kappa shape index (κ1) is 13.6. The molecule has 2 heterocycles. The van der Waals surface area contributed by atoms with E-state index in [-0.39, 0.29) is 18.3 Å². The van der Waals surface area contributed by atoms with Gasteiger partial charge in [0.05, 0.1) is 16.9 Å². The van der Waals surface area contributed by atoms with Crippen molar-refractivity contribution in [2.45, 2.75) is 45.3 Å². The smallest absolute Gasteiger partial charge is 0.399 e. The molecule has 0 N–H and O–H groups in total. The molecular formula is C15H21BN2O2. The van der Waals surface area contributed by atoms with Crippen LogP contribution in [0, 0.1) is 0 Å². The number of nitrogens with zero attached hydrogens (tertiary/aromatic N) is 2. The zero-order chi connectivity index (χ0) is 14.4. The van der Waals surface area contributed by atoms with Crippen molar-refractivity contribution in [2.75, 3.05) is 11.6 Å². The van der Waals surface area contributed by atoms with Gasteiger partial charge in [0.15, 0.2) is 0 Å². The number of hydrazone groups is 1. The average Bonchev–Trinajstić information content (AvgIpc) is 2.97. The summed E-state index contributed by atoms with van der Waals surface area (Å²) < 4.78 is 12.2. The molecule has 1 aromatic rings. The third kappa shape index (κ3) is 2.25. The van der Waals surface area contributed by atoms with Gasteiger partial charge >= 0.3 is 7.12 Å². The van der Waals surface area contributed by atoms with E-state index in [2.05, 4.69) is 44.9 Å². The first-order chi connectivity index (χ1) is 9.39. The fraction of sp³-hybridized carbons (Fsp3) is 0.533. The highest BCUT2D eigenvalue weighted by atomic mass is 16.7. The van der Waals surface area contributed by atoms with Gasteiger partial charge in [0.2, 0.25) is 0 Å². The Morgan fingerprint density at radius 2 is 1.85 bits per heavy atom. The zero-order valence-electron chi connectivity index (χ0n) is 12.6. The molecule has 20 heavy (non-hydrogen) atoms. The lowest BCUT2D eigenvalue weighted by Gasteiger charge is -2.32. The van der Waals surface area contributed by atoms with Crippen LogP contribution in [-0.2, 0) is 9.31 Å². The van der Waals surface area contributed by atoms with E-state index >= 15 is 0 Å². The molecule has 4 nitrogen and oxygen atoms in total. The Labute approximate surface area is 120 Å². The Balaban J connectivity index is 1.85. The third-order valence-electron chi connectivity index (χ3n) is 4.38. The van der Waals surface area contributed by atoms with Crippen LogP contribution < -0.4 is 10.5 Å². The molecule has 106 valence electrons. The van der Waals surface area contributed by atoms with Gasteiger partial charge in [-0.1, -0.05) is 12.1 Å². The summed E-state index contributed by atoms with van der Waals surface area (Å²) in [6, 6.07) is 8.25. The summed E-state index contributed by atoms with van der Waals surface area (Å²) in [6.07, 6.45) is 2.95. The summed E-state index contributed by atoms with van der Waals surface area (Å²) in [6.45, 7) is 9.22. The number of anilines is 1. The first-order valence-corrected chi connectivity index (χ1v) is 7.15. The van der Waals surface area contributed by atoms with E-state index in [0.29, 0.717) is 0 Å². The van der Waals surface area contributed by atoms with Gasteiger partial charge in [0, 0.05) is 19.2 Å². The predicted octanol–water partition coefficient (Wildman–Crippen LogP) is 2.18. The molecule has 0 bridgehead atoms. The molecule has 2 aliphatic heterocycles. The lowest BCUT2D eigenvalue weighted by Crippen LogP contribution is -2.41. The van der Waals surface area contributed by atoms with E-state index in [1.807, 2.05) is 23.4 Å². The maximum Gasteiger partial charge on any atom is 0.494 e. The Kier molecular flexibility index (Phi) is 3.14. The van der Waals surface area contributed by atoms with Gasteiger partial charge in [-0.25, -0.2) is 0 Å². The molecule has 3 rings (SSSR count). The molecule has 0 saturated carbocycles. The van der Waals surface area contributed by atoms with Crippen molar-refractivity contribution in [2.24, 2.45) is 5.10 Å².